The van der Waals surface area contributed by atoms with Gasteiger partial charge in [-0.25, -0.2) is 9.36 Å². The summed E-state index contributed by atoms with van der Waals surface area (Å²) < 4.78 is 20.0. The average Bonchev–Trinajstić information content (AvgIpc) is 3.74. The fraction of sp³-hybridized carbons (Fsp3) is 0.463. The van der Waals surface area contributed by atoms with Crippen LogP contribution in [-0.4, -0.2) is 53.8 Å². The van der Waals surface area contributed by atoms with Crippen LogP contribution in [0, 0.1) is 11.8 Å². The first-order chi connectivity index (χ1) is 25.7. The van der Waals surface area contributed by atoms with E-state index >= 15 is 0 Å². The SMILES string of the molecule is Cl.Cn1ccc2c([C@H](C[S@](=O)C(C)(C)C)c3cn(C45CC(C4)C5)nn3)cccc2c1=O.Cn1ccc2c([C@H](N)c3cn(C45CC(C4)C5)nn3)cccc2c1=O. The lowest BCUT2D eigenvalue weighted by molar-refractivity contribution is -0.0990. The molecule has 0 amide bonds. The van der Waals surface area contributed by atoms with Crippen molar-refractivity contribution in [1.82, 2.24) is 39.1 Å². The lowest BCUT2D eigenvalue weighted by Gasteiger charge is -2.61. The third-order valence-corrected chi connectivity index (χ3v) is 14.7. The van der Waals surface area contributed by atoms with Gasteiger partial charge in [-0.1, -0.05) is 34.7 Å². The highest BCUT2D eigenvalue weighted by Gasteiger charge is 2.59. The van der Waals surface area contributed by atoms with E-state index in [2.05, 4.69) is 26.8 Å². The number of hydrogen-bond acceptors (Lipinski definition) is 8. The fourth-order valence-corrected chi connectivity index (χ4v) is 10.2. The lowest BCUT2D eigenvalue weighted by Crippen LogP contribution is -2.59. The van der Waals surface area contributed by atoms with E-state index in [1.54, 1.807) is 35.6 Å². The molecule has 12 nitrogen and oxygen atoms in total. The van der Waals surface area contributed by atoms with E-state index in [-0.39, 0.29) is 51.3 Å². The van der Waals surface area contributed by atoms with Gasteiger partial charge < -0.3 is 14.9 Å². The number of rotatable bonds is 8. The van der Waals surface area contributed by atoms with Gasteiger partial charge in [-0.2, -0.15) is 0 Å². The number of hydrogen-bond donors (Lipinski definition) is 1. The second-order valence-corrected chi connectivity index (χ2v) is 19.6. The van der Waals surface area contributed by atoms with Crippen molar-refractivity contribution < 1.29 is 4.21 Å². The molecule has 2 aromatic carbocycles. The molecule has 6 aliphatic rings. The van der Waals surface area contributed by atoms with Crippen molar-refractivity contribution in [2.24, 2.45) is 31.7 Å². The van der Waals surface area contributed by atoms with Gasteiger partial charge >= 0.3 is 0 Å². The first kappa shape index (κ1) is 37.5. The number of nitrogens with two attached hydrogens (primary N) is 1. The van der Waals surface area contributed by atoms with E-state index in [0.717, 1.165) is 45.1 Å². The fourth-order valence-electron chi connectivity index (χ4n) is 9.02. The molecule has 288 valence electrons. The summed E-state index contributed by atoms with van der Waals surface area (Å²) in [6.45, 7) is 5.99. The van der Waals surface area contributed by atoms with Crippen molar-refractivity contribution >= 4 is 44.8 Å². The molecule has 6 fully saturated rings. The first-order valence-electron chi connectivity index (χ1n) is 18.9. The maximum Gasteiger partial charge on any atom is 0.258 e. The summed E-state index contributed by atoms with van der Waals surface area (Å²) >= 11 is 0. The van der Waals surface area contributed by atoms with E-state index in [1.807, 2.05) is 84.9 Å². The van der Waals surface area contributed by atoms with Gasteiger partial charge in [0.25, 0.3) is 11.1 Å². The third kappa shape index (κ3) is 6.09. The van der Waals surface area contributed by atoms with Crippen LogP contribution in [0.25, 0.3) is 21.5 Å². The van der Waals surface area contributed by atoms with Crippen molar-refractivity contribution in [1.29, 1.82) is 0 Å². The Kier molecular flexibility index (Phi) is 9.09. The minimum absolute atomic E-state index is 0. The highest BCUT2D eigenvalue weighted by atomic mass is 35.5. The molecule has 2 N–H and O–H groups in total. The number of aryl methyl sites for hydroxylation is 2. The number of nitrogens with zero attached hydrogens (tertiary/aromatic N) is 8. The number of fused-ring (bicyclic) bond motifs is 2. The average molecular weight is 782 g/mol. The predicted octanol–water partition coefficient (Wildman–Crippen LogP) is 5.43. The summed E-state index contributed by atoms with van der Waals surface area (Å²) in [7, 11) is 2.44. The van der Waals surface area contributed by atoms with Gasteiger partial charge in [-0.15, -0.1) is 22.6 Å². The van der Waals surface area contributed by atoms with Gasteiger partial charge in [0.2, 0.25) is 0 Å². The van der Waals surface area contributed by atoms with E-state index in [4.69, 9.17) is 5.73 Å². The Labute approximate surface area is 328 Å². The van der Waals surface area contributed by atoms with Crippen LogP contribution in [0.4, 0.5) is 0 Å². The molecule has 0 spiro atoms. The summed E-state index contributed by atoms with van der Waals surface area (Å²) in [6, 6.07) is 15.0. The molecular weight excluding hydrogens is 734 g/mol. The van der Waals surface area contributed by atoms with Crippen LogP contribution >= 0.6 is 12.4 Å². The van der Waals surface area contributed by atoms with Gasteiger partial charge in [-0.3, -0.25) is 13.8 Å². The van der Waals surface area contributed by atoms with Crippen LogP contribution < -0.4 is 16.9 Å². The summed E-state index contributed by atoms with van der Waals surface area (Å²) in [5.74, 6) is 2.02. The molecule has 55 heavy (non-hydrogen) atoms. The van der Waals surface area contributed by atoms with Gasteiger partial charge in [0.15, 0.2) is 0 Å². The summed E-state index contributed by atoms with van der Waals surface area (Å²) in [5, 5.41) is 20.8. The van der Waals surface area contributed by atoms with E-state index < -0.39 is 10.8 Å². The Morgan fingerprint density at radius 2 is 1.18 bits per heavy atom. The number of benzene rings is 2. The van der Waals surface area contributed by atoms with Crippen LogP contribution in [0.2, 0.25) is 0 Å². The van der Waals surface area contributed by atoms with Crippen LogP contribution in [-0.2, 0) is 36.0 Å². The van der Waals surface area contributed by atoms with Gasteiger partial charge in [-0.05, 0) is 117 Å². The maximum atomic E-state index is 13.1. The van der Waals surface area contributed by atoms with E-state index in [1.165, 1.54) is 38.5 Å². The van der Waals surface area contributed by atoms with E-state index in [9.17, 15) is 13.8 Å². The summed E-state index contributed by atoms with van der Waals surface area (Å²) in [5.41, 5.74) is 10.3. The van der Waals surface area contributed by atoms with Crippen LogP contribution in [0.3, 0.4) is 0 Å². The Balaban J connectivity index is 0.000000156. The molecular formula is C41H48ClN9O3S. The zero-order valence-corrected chi connectivity index (χ0v) is 33.5. The van der Waals surface area contributed by atoms with Gasteiger partial charge in [0, 0.05) is 70.7 Å². The molecule has 0 aliphatic heterocycles. The summed E-state index contributed by atoms with van der Waals surface area (Å²) in [4.78, 5) is 25.0. The first-order valence-corrected chi connectivity index (χ1v) is 20.2. The predicted molar refractivity (Wildman–Crippen MR) is 217 cm³/mol. The van der Waals surface area contributed by atoms with Crippen LogP contribution in [0.5, 0.6) is 0 Å². The topological polar surface area (TPSA) is 149 Å². The molecule has 0 unspecified atom stereocenters. The maximum absolute atomic E-state index is 13.1. The molecule has 6 aliphatic carbocycles. The smallest absolute Gasteiger partial charge is 0.258 e. The molecule has 0 saturated heterocycles. The summed E-state index contributed by atoms with van der Waals surface area (Å²) in [6.07, 6.45) is 14.8. The zero-order valence-electron chi connectivity index (χ0n) is 31.9. The number of pyridine rings is 2. The molecule has 0 radical (unpaired) electrons. The van der Waals surface area contributed by atoms with Crippen LogP contribution in [0.15, 0.2) is 82.9 Å². The van der Waals surface area contributed by atoms with Gasteiger partial charge in [0.1, 0.15) is 5.69 Å². The molecule has 4 aromatic heterocycles. The van der Waals surface area contributed by atoms with Gasteiger partial charge in [0.05, 0.1) is 29.0 Å². The molecule has 14 heteroatoms. The van der Waals surface area contributed by atoms with Crippen molar-refractivity contribution in [3.63, 3.8) is 0 Å². The number of aromatic nitrogens is 8. The molecule has 4 bridgehead atoms. The van der Waals surface area contributed by atoms with Crippen LogP contribution in [0.1, 0.15) is 93.8 Å². The second kappa shape index (κ2) is 13.3. The van der Waals surface area contributed by atoms with E-state index in [0.29, 0.717) is 16.5 Å². The molecule has 3 atom stereocenters. The second-order valence-electron chi connectivity index (χ2n) is 17.3. The Hall–Kier alpha value is -4.46. The van der Waals surface area contributed by atoms with Crippen molar-refractivity contribution in [3.8, 4) is 0 Å². The molecule has 6 saturated carbocycles. The lowest BCUT2D eigenvalue weighted by atomic mass is 9.50. The Morgan fingerprint density at radius 3 is 1.65 bits per heavy atom. The molecule has 4 heterocycles. The monoisotopic (exact) mass is 781 g/mol. The van der Waals surface area contributed by atoms with Crippen molar-refractivity contribution in [2.75, 3.05) is 5.75 Å². The molecule has 12 rings (SSSR count). The highest BCUT2D eigenvalue weighted by Crippen LogP contribution is 2.62. The standard InChI is InChI=1S/C23H28N4O2S.C18H19N5O.ClH/c1-22(2,3)30(29)14-19(20-13-27(25-24-20)23-10-15(11-23)12-23)16-6-5-7-18-17(16)8-9-26(4)21(18)28;1-22-6-5-12-13(3-2-4-14(12)17(22)24)16(19)15-10-23(21-20-15)18-7-11(8-18)9-18;/h5-9,13,15,19H,10-12,14H2,1-4H3;2-6,10-11,16H,7-9,19H2,1H3;1H/t15?,19-,23?,30-;11?,16-,18?;/m00./s1. The highest BCUT2D eigenvalue weighted by molar-refractivity contribution is 7.86. The zero-order chi connectivity index (χ0) is 37.7. The van der Waals surface area contributed by atoms with Crippen molar-refractivity contribution in [3.05, 3.63) is 117 Å². The van der Waals surface area contributed by atoms with Crippen molar-refractivity contribution in [2.45, 2.75) is 87.1 Å². The Bertz CT molecular complexity index is 2570. The minimum atomic E-state index is -1.07. The quantitative estimate of drug-likeness (QED) is 0.215. The normalized spacial score (nSPS) is 24.9. The molecule has 6 aromatic rings. The third-order valence-electron chi connectivity index (χ3n) is 12.7. The largest absolute Gasteiger partial charge is 0.319 e. The minimum Gasteiger partial charge on any atom is -0.319 e. The number of halogens is 1. The Morgan fingerprint density at radius 1 is 0.727 bits per heavy atom.